The summed E-state index contributed by atoms with van der Waals surface area (Å²) in [5.74, 6) is 0.300. The van der Waals surface area contributed by atoms with E-state index in [0.717, 1.165) is 36.5 Å². The average molecular weight is 496 g/mol. The summed E-state index contributed by atoms with van der Waals surface area (Å²) in [6.45, 7) is 3.84. The zero-order valence-corrected chi connectivity index (χ0v) is 21.4. The summed E-state index contributed by atoms with van der Waals surface area (Å²) in [6, 6.07) is 25.1. The Morgan fingerprint density at radius 1 is 0.919 bits per heavy atom. The van der Waals surface area contributed by atoms with Gasteiger partial charge in [0.25, 0.3) is 5.91 Å². The number of ether oxygens (including phenoxy) is 1. The predicted octanol–water partition coefficient (Wildman–Crippen LogP) is 4.46. The van der Waals surface area contributed by atoms with Gasteiger partial charge < -0.3 is 14.5 Å². The second kappa shape index (κ2) is 11.0. The van der Waals surface area contributed by atoms with E-state index in [1.807, 2.05) is 71.6 Å². The number of fused-ring (bicyclic) bond motifs is 1. The van der Waals surface area contributed by atoms with E-state index in [4.69, 9.17) is 4.74 Å². The maximum atomic E-state index is 14.1. The average Bonchev–Trinajstić information content (AvgIpc) is 2.95. The van der Waals surface area contributed by atoms with E-state index in [1.54, 1.807) is 19.1 Å². The molecule has 2 aliphatic rings. The molecule has 2 atom stereocenters. The second-order valence-electron chi connectivity index (χ2n) is 9.64. The van der Waals surface area contributed by atoms with Gasteiger partial charge in [-0.25, -0.2) is 0 Å². The minimum atomic E-state index is -0.461. The summed E-state index contributed by atoms with van der Waals surface area (Å²) in [5.41, 5.74) is 3.53. The highest BCUT2D eigenvalue weighted by atomic mass is 16.5. The topological polar surface area (TPSA) is 53.1 Å². The fourth-order valence-corrected chi connectivity index (χ4v) is 5.41. The molecule has 0 N–H and O–H groups in total. The van der Waals surface area contributed by atoms with Crippen molar-refractivity contribution in [3.05, 3.63) is 107 Å². The van der Waals surface area contributed by atoms with Crippen LogP contribution in [-0.4, -0.2) is 73.4 Å². The van der Waals surface area contributed by atoms with Crippen LogP contribution in [0.5, 0.6) is 5.75 Å². The van der Waals surface area contributed by atoms with Crippen molar-refractivity contribution in [3.63, 3.8) is 0 Å². The van der Waals surface area contributed by atoms with Crippen LogP contribution in [0.2, 0.25) is 0 Å². The van der Waals surface area contributed by atoms with Gasteiger partial charge in [0.2, 0.25) is 5.91 Å². The number of piperazine rings is 1. The van der Waals surface area contributed by atoms with Crippen LogP contribution in [0.3, 0.4) is 0 Å². The predicted molar refractivity (Wildman–Crippen MR) is 146 cm³/mol. The van der Waals surface area contributed by atoms with Crippen molar-refractivity contribution in [1.29, 1.82) is 0 Å². The number of carbonyl (C=O) groups excluding carboxylic acids is 2. The third-order valence-corrected chi connectivity index (χ3v) is 7.46. The Kier molecular flexibility index (Phi) is 7.37. The van der Waals surface area contributed by atoms with Crippen LogP contribution in [0.15, 0.2) is 84.9 Å². The minimum absolute atomic E-state index is 0.0597. The van der Waals surface area contributed by atoms with Gasteiger partial charge in [0.05, 0.1) is 19.1 Å². The fraction of sp³-hybridized carbons (Fsp3) is 0.290. The Labute approximate surface area is 218 Å². The van der Waals surface area contributed by atoms with Crippen molar-refractivity contribution in [1.82, 2.24) is 14.7 Å². The van der Waals surface area contributed by atoms with Crippen LogP contribution in [0.4, 0.5) is 0 Å². The Morgan fingerprint density at radius 3 is 2.30 bits per heavy atom. The lowest BCUT2D eigenvalue weighted by molar-refractivity contribution is -0.136. The van der Waals surface area contributed by atoms with Crippen LogP contribution in [0.25, 0.3) is 6.08 Å². The quantitative estimate of drug-likeness (QED) is 0.507. The van der Waals surface area contributed by atoms with Gasteiger partial charge in [0, 0.05) is 45.3 Å². The van der Waals surface area contributed by atoms with E-state index in [2.05, 4.69) is 29.2 Å². The number of amides is 2. The molecule has 3 aromatic carbocycles. The smallest absolute Gasteiger partial charge is 0.254 e. The molecule has 1 fully saturated rings. The zero-order valence-electron chi connectivity index (χ0n) is 21.4. The molecule has 6 heteroatoms. The van der Waals surface area contributed by atoms with Crippen LogP contribution in [0, 0.1) is 0 Å². The van der Waals surface area contributed by atoms with E-state index in [0.29, 0.717) is 18.7 Å². The summed E-state index contributed by atoms with van der Waals surface area (Å²) in [5, 5.41) is 0. The number of nitrogens with zero attached hydrogens (tertiary/aromatic N) is 3. The summed E-state index contributed by atoms with van der Waals surface area (Å²) < 4.78 is 5.33. The lowest BCUT2D eigenvalue weighted by atomic mass is 9.79. The van der Waals surface area contributed by atoms with Crippen molar-refractivity contribution >= 4 is 17.9 Å². The number of hydrogen-bond acceptors (Lipinski definition) is 4. The minimum Gasteiger partial charge on any atom is -0.497 e. The molecule has 0 radical (unpaired) electrons. The van der Waals surface area contributed by atoms with Crippen molar-refractivity contribution < 1.29 is 14.3 Å². The van der Waals surface area contributed by atoms with E-state index >= 15 is 0 Å². The molecular formula is C31H33N3O3. The van der Waals surface area contributed by atoms with Crippen LogP contribution >= 0.6 is 0 Å². The van der Waals surface area contributed by atoms with E-state index in [-0.39, 0.29) is 17.9 Å². The van der Waals surface area contributed by atoms with Crippen molar-refractivity contribution in [2.24, 2.45) is 0 Å². The van der Waals surface area contributed by atoms with Gasteiger partial charge in [-0.15, -0.1) is 0 Å². The first-order valence-corrected chi connectivity index (χ1v) is 12.8. The fourth-order valence-electron chi connectivity index (χ4n) is 5.41. The van der Waals surface area contributed by atoms with Gasteiger partial charge in [-0.05, 0) is 34.9 Å². The molecule has 6 nitrogen and oxygen atoms in total. The Balaban J connectivity index is 1.34. The SMILES string of the molecule is COc1ccc(C2C(C(=O)N3CCN(C/C=C/c4ccccc4)CC3)c3ccccc3C(=O)N2C)cc1. The lowest BCUT2D eigenvalue weighted by Gasteiger charge is -2.43. The summed E-state index contributed by atoms with van der Waals surface area (Å²) in [7, 11) is 3.43. The molecule has 3 aromatic rings. The highest BCUT2D eigenvalue weighted by molar-refractivity contribution is 6.01. The largest absolute Gasteiger partial charge is 0.497 e. The molecule has 0 bridgehead atoms. The maximum Gasteiger partial charge on any atom is 0.254 e. The van der Waals surface area contributed by atoms with Crippen molar-refractivity contribution in [2.45, 2.75) is 12.0 Å². The zero-order chi connectivity index (χ0) is 25.8. The lowest BCUT2D eigenvalue weighted by Crippen LogP contribution is -2.52. The standard InChI is InChI=1S/C31H33N3O3/c1-32-29(24-14-16-25(37-2)17-15-24)28(26-12-6-7-13-27(26)30(32)35)31(36)34-21-19-33(20-22-34)18-8-11-23-9-4-3-5-10-23/h3-17,28-29H,18-22H2,1-2H3/b11-8+. The molecule has 1 saturated heterocycles. The van der Waals surface area contributed by atoms with Gasteiger partial charge in [-0.2, -0.15) is 0 Å². The normalized spacial score (nSPS) is 20.2. The maximum absolute atomic E-state index is 14.1. The van der Waals surface area contributed by atoms with Gasteiger partial charge in [-0.1, -0.05) is 72.8 Å². The second-order valence-corrected chi connectivity index (χ2v) is 9.64. The monoisotopic (exact) mass is 495 g/mol. The summed E-state index contributed by atoms with van der Waals surface area (Å²) in [6.07, 6.45) is 4.33. The first kappa shape index (κ1) is 24.8. The number of likely N-dealkylation sites (N-methyl/N-ethyl adjacent to an activating group) is 1. The Bertz CT molecular complexity index is 1260. The van der Waals surface area contributed by atoms with E-state index in [9.17, 15) is 9.59 Å². The molecule has 190 valence electrons. The first-order chi connectivity index (χ1) is 18.1. The molecule has 2 aliphatic heterocycles. The molecule has 0 spiro atoms. The Morgan fingerprint density at radius 2 is 1.59 bits per heavy atom. The summed E-state index contributed by atoms with van der Waals surface area (Å²) in [4.78, 5) is 33.4. The third kappa shape index (κ3) is 5.16. The number of hydrogen-bond donors (Lipinski definition) is 0. The number of rotatable bonds is 6. The molecule has 37 heavy (non-hydrogen) atoms. The van der Waals surface area contributed by atoms with Gasteiger partial charge in [-0.3, -0.25) is 14.5 Å². The van der Waals surface area contributed by atoms with Gasteiger partial charge >= 0.3 is 0 Å². The molecule has 0 saturated carbocycles. The highest BCUT2D eigenvalue weighted by Gasteiger charge is 2.44. The van der Waals surface area contributed by atoms with Crippen LogP contribution < -0.4 is 4.74 Å². The molecule has 2 unspecified atom stereocenters. The Hall–Kier alpha value is -3.90. The van der Waals surface area contributed by atoms with E-state index < -0.39 is 5.92 Å². The molecule has 0 aromatic heterocycles. The first-order valence-electron chi connectivity index (χ1n) is 12.8. The third-order valence-electron chi connectivity index (χ3n) is 7.46. The van der Waals surface area contributed by atoms with Crippen LogP contribution in [0.1, 0.15) is 39.0 Å². The van der Waals surface area contributed by atoms with Crippen molar-refractivity contribution in [2.75, 3.05) is 46.9 Å². The molecule has 0 aliphatic carbocycles. The van der Waals surface area contributed by atoms with Crippen LogP contribution in [-0.2, 0) is 4.79 Å². The molecule has 2 heterocycles. The van der Waals surface area contributed by atoms with Gasteiger partial charge in [0.15, 0.2) is 0 Å². The molecule has 5 rings (SSSR count). The van der Waals surface area contributed by atoms with E-state index in [1.165, 1.54) is 5.56 Å². The number of methoxy groups -OCH3 is 1. The number of benzene rings is 3. The van der Waals surface area contributed by atoms with Gasteiger partial charge in [0.1, 0.15) is 5.75 Å². The summed E-state index contributed by atoms with van der Waals surface area (Å²) >= 11 is 0. The van der Waals surface area contributed by atoms with Crippen molar-refractivity contribution in [3.8, 4) is 5.75 Å². The number of carbonyl (C=O) groups is 2. The molecular weight excluding hydrogens is 462 g/mol. The molecule has 2 amide bonds. The highest BCUT2D eigenvalue weighted by Crippen LogP contribution is 2.43.